The standard InChI is InChI=1S/C24H16Cl2F2N4O4S4/c25-13-9-11(1-3-15(13)27)29-17(33)5-7-31-21(35)19(39-23(31)37)20-22(36)32(24(38)40-20)8-6-18(34)30-12-2-4-16(28)14(26)10-12/h1-4,9-10H,5-8H2,(H,29,33)(H,30,34). The summed E-state index contributed by atoms with van der Waals surface area (Å²) >= 11 is 23.9. The normalized spacial score (nSPS) is 17.2. The van der Waals surface area contributed by atoms with Gasteiger partial charge in [0.25, 0.3) is 11.8 Å². The zero-order valence-corrected chi connectivity index (χ0v) is 24.7. The summed E-state index contributed by atoms with van der Waals surface area (Å²) in [7, 11) is 0. The van der Waals surface area contributed by atoms with Crippen molar-refractivity contribution in [2.75, 3.05) is 23.7 Å². The van der Waals surface area contributed by atoms with Crippen LogP contribution in [-0.4, -0.2) is 55.2 Å². The second-order valence-electron chi connectivity index (χ2n) is 8.16. The Balaban J connectivity index is 1.34. The SMILES string of the molecule is O=C(CCN1C(=O)C(=C2SC(=S)N(CCC(=O)Nc3ccc(F)c(Cl)c3)C2=O)SC1=S)Nc1ccc(F)c(Cl)c1. The number of hydrogen-bond donors (Lipinski definition) is 2. The lowest BCUT2D eigenvalue weighted by atomic mass is 10.3. The van der Waals surface area contributed by atoms with E-state index in [4.69, 9.17) is 47.6 Å². The van der Waals surface area contributed by atoms with Gasteiger partial charge in [-0.25, -0.2) is 8.78 Å². The number of amides is 4. The van der Waals surface area contributed by atoms with Crippen LogP contribution in [0.25, 0.3) is 0 Å². The number of nitrogens with zero attached hydrogens (tertiary/aromatic N) is 2. The fraction of sp³-hybridized carbons (Fsp3) is 0.167. The van der Waals surface area contributed by atoms with Gasteiger partial charge in [0, 0.05) is 37.3 Å². The van der Waals surface area contributed by atoms with Gasteiger partial charge in [-0.2, -0.15) is 0 Å². The number of nitrogens with one attached hydrogen (secondary N) is 2. The van der Waals surface area contributed by atoms with Crippen LogP contribution in [0.15, 0.2) is 46.2 Å². The molecule has 4 rings (SSSR count). The van der Waals surface area contributed by atoms with Gasteiger partial charge in [0.2, 0.25) is 11.8 Å². The molecule has 0 aliphatic carbocycles. The predicted octanol–water partition coefficient (Wildman–Crippen LogP) is 5.56. The van der Waals surface area contributed by atoms with Crippen molar-refractivity contribution in [3.63, 3.8) is 0 Å². The molecule has 2 aromatic rings. The molecule has 2 aliphatic rings. The minimum Gasteiger partial charge on any atom is -0.326 e. The third-order valence-electron chi connectivity index (χ3n) is 5.44. The Labute approximate surface area is 255 Å². The molecule has 40 heavy (non-hydrogen) atoms. The first kappa shape index (κ1) is 30.3. The van der Waals surface area contributed by atoms with E-state index in [2.05, 4.69) is 10.6 Å². The molecule has 2 aliphatic heterocycles. The third kappa shape index (κ3) is 6.98. The molecule has 2 aromatic carbocycles. The van der Waals surface area contributed by atoms with Crippen molar-refractivity contribution in [2.45, 2.75) is 12.8 Å². The average Bonchev–Trinajstić information content (AvgIpc) is 3.34. The zero-order valence-electron chi connectivity index (χ0n) is 20.0. The summed E-state index contributed by atoms with van der Waals surface area (Å²) in [5.41, 5.74) is 0.584. The van der Waals surface area contributed by atoms with Crippen molar-refractivity contribution in [3.05, 3.63) is 67.9 Å². The zero-order chi connectivity index (χ0) is 29.1. The summed E-state index contributed by atoms with van der Waals surface area (Å²) in [6.45, 7) is -0.106. The summed E-state index contributed by atoms with van der Waals surface area (Å²) in [6.07, 6.45) is -0.242. The minimum atomic E-state index is -0.624. The molecule has 0 aromatic heterocycles. The van der Waals surface area contributed by atoms with E-state index in [9.17, 15) is 28.0 Å². The average molecular weight is 662 g/mol. The molecular weight excluding hydrogens is 645 g/mol. The van der Waals surface area contributed by atoms with Crippen LogP contribution in [0.4, 0.5) is 20.2 Å². The van der Waals surface area contributed by atoms with Gasteiger partial charge in [-0.1, -0.05) is 71.2 Å². The third-order valence-corrected chi connectivity index (χ3v) is 9.04. The van der Waals surface area contributed by atoms with Crippen molar-refractivity contribution < 1.29 is 28.0 Å². The number of hydrogen-bond acceptors (Lipinski definition) is 8. The fourth-order valence-corrected chi connectivity index (χ4v) is 6.61. The van der Waals surface area contributed by atoms with Crippen molar-refractivity contribution in [2.24, 2.45) is 0 Å². The summed E-state index contributed by atoms with van der Waals surface area (Å²) < 4.78 is 27.0. The Bertz CT molecular complexity index is 1400. The molecule has 0 saturated carbocycles. The smallest absolute Gasteiger partial charge is 0.267 e. The van der Waals surface area contributed by atoms with Gasteiger partial charge < -0.3 is 10.6 Å². The number of benzene rings is 2. The number of carbonyl (C=O) groups is 4. The molecule has 2 saturated heterocycles. The molecule has 4 amide bonds. The number of carbonyl (C=O) groups excluding carboxylic acids is 4. The van der Waals surface area contributed by atoms with E-state index < -0.39 is 35.3 Å². The van der Waals surface area contributed by atoms with Crippen LogP contribution in [0.2, 0.25) is 10.0 Å². The Morgan fingerprint density at radius 3 is 1.48 bits per heavy atom. The minimum absolute atomic E-state index is 0.0528. The summed E-state index contributed by atoms with van der Waals surface area (Å²) in [5, 5.41) is 4.83. The molecule has 2 N–H and O–H groups in total. The highest BCUT2D eigenvalue weighted by Crippen LogP contribution is 2.42. The number of halogens is 4. The van der Waals surface area contributed by atoms with Crippen molar-refractivity contribution in [3.8, 4) is 0 Å². The Hall–Kier alpha value is -2.62. The lowest BCUT2D eigenvalue weighted by Crippen LogP contribution is -2.33. The molecule has 208 valence electrons. The molecule has 16 heteroatoms. The maximum absolute atomic E-state index is 13.3. The molecule has 2 heterocycles. The molecule has 0 bridgehead atoms. The molecule has 0 radical (unpaired) electrons. The maximum Gasteiger partial charge on any atom is 0.267 e. The van der Waals surface area contributed by atoms with E-state index in [1.807, 2.05) is 0 Å². The summed E-state index contributed by atoms with van der Waals surface area (Å²) in [4.78, 5) is 53.4. The van der Waals surface area contributed by atoms with Crippen molar-refractivity contribution in [1.82, 2.24) is 9.80 Å². The van der Waals surface area contributed by atoms with Crippen LogP contribution in [0, 0.1) is 11.6 Å². The number of anilines is 2. The number of thioether (sulfide) groups is 2. The molecule has 2 fully saturated rings. The first-order valence-corrected chi connectivity index (χ1v) is 14.5. The van der Waals surface area contributed by atoms with Crippen molar-refractivity contribution >= 4 is 115 Å². The van der Waals surface area contributed by atoms with Crippen LogP contribution in [0.5, 0.6) is 0 Å². The second-order valence-corrected chi connectivity index (χ2v) is 12.3. The van der Waals surface area contributed by atoms with E-state index in [-0.39, 0.29) is 54.4 Å². The number of rotatable bonds is 8. The van der Waals surface area contributed by atoms with E-state index in [0.717, 1.165) is 35.7 Å². The molecule has 0 atom stereocenters. The highest BCUT2D eigenvalue weighted by Gasteiger charge is 2.42. The Kier molecular flexibility index (Phi) is 9.80. The van der Waals surface area contributed by atoms with Crippen LogP contribution in [0.1, 0.15) is 12.8 Å². The van der Waals surface area contributed by atoms with Gasteiger partial charge in [0.1, 0.15) is 20.3 Å². The monoisotopic (exact) mass is 660 g/mol. The van der Waals surface area contributed by atoms with Crippen LogP contribution >= 0.6 is 71.2 Å². The fourth-order valence-electron chi connectivity index (χ4n) is 3.48. The topological polar surface area (TPSA) is 98.8 Å². The van der Waals surface area contributed by atoms with E-state index in [0.29, 0.717) is 11.4 Å². The summed E-state index contributed by atoms with van der Waals surface area (Å²) in [5.74, 6) is -3.24. The van der Waals surface area contributed by atoms with E-state index >= 15 is 0 Å². The van der Waals surface area contributed by atoms with Gasteiger partial charge in [0.15, 0.2) is 0 Å². The van der Waals surface area contributed by atoms with Gasteiger partial charge >= 0.3 is 0 Å². The van der Waals surface area contributed by atoms with Crippen LogP contribution in [-0.2, 0) is 19.2 Å². The molecule has 0 spiro atoms. The largest absolute Gasteiger partial charge is 0.326 e. The quantitative estimate of drug-likeness (QED) is 0.281. The second kappa shape index (κ2) is 12.9. The van der Waals surface area contributed by atoms with Gasteiger partial charge in [-0.15, -0.1) is 0 Å². The first-order valence-electron chi connectivity index (χ1n) is 11.3. The highest BCUT2D eigenvalue weighted by molar-refractivity contribution is 8.29. The van der Waals surface area contributed by atoms with E-state index in [1.165, 1.54) is 34.1 Å². The molecule has 0 unspecified atom stereocenters. The summed E-state index contributed by atoms with van der Waals surface area (Å²) in [6, 6.07) is 7.45. The van der Waals surface area contributed by atoms with Crippen LogP contribution < -0.4 is 10.6 Å². The van der Waals surface area contributed by atoms with Crippen molar-refractivity contribution in [1.29, 1.82) is 0 Å². The van der Waals surface area contributed by atoms with Gasteiger partial charge in [-0.3, -0.25) is 29.0 Å². The predicted molar refractivity (Wildman–Crippen MR) is 160 cm³/mol. The first-order chi connectivity index (χ1) is 18.9. The van der Waals surface area contributed by atoms with Crippen LogP contribution in [0.3, 0.4) is 0 Å². The Morgan fingerprint density at radius 2 is 1.12 bits per heavy atom. The molecular formula is C24H16Cl2F2N4O4S4. The van der Waals surface area contributed by atoms with E-state index in [1.54, 1.807) is 0 Å². The lowest BCUT2D eigenvalue weighted by Gasteiger charge is -2.15. The Morgan fingerprint density at radius 1 is 0.750 bits per heavy atom. The van der Waals surface area contributed by atoms with Gasteiger partial charge in [-0.05, 0) is 36.4 Å². The number of thiocarbonyl (C=S) groups is 2. The maximum atomic E-state index is 13.3. The highest BCUT2D eigenvalue weighted by atomic mass is 35.5. The van der Waals surface area contributed by atoms with Gasteiger partial charge in [0.05, 0.1) is 19.9 Å². The molecule has 8 nitrogen and oxygen atoms in total. The lowest BCUT2D eigenvalue weighted by molar-refractivity contribution is -0.125.